The number of rotatable bonds is 6. The van der Waals surface area contributed by atoms with Crippen LogP contribution in [0.1, 0.15) is 18.1 Å². The molecule has 0 bridgehead atoms. The van der Waals surface area contributed by atoms with Crippen molar-refractivity contribution in [1.29, 1.82) is 0 Å². The number of carbonyl (C=O) groups is 1. The molecular weight excluding hydrogens is 288 g/mol. The van der Waals surface area contributed by atoms with Crippen molar-refractivity contribution in [3.8, 4) is 5.75 Å². The van der Waals surface area contributed by atoms with E-state index in [9.17, 15) is 4.79 Å². The van der Waals surface area contributed by atoms with Gasteiger partial charge in [0.25, 0.3) is 0 Å². The SMILES string of the molecule is COc1ccc(CN(C)C(C)C(=O)Nc2ccccc2C)cc1. The van der Waals surface area contributed by atoms with E-state index in [1.165, 1.54) is 0 Å². The van der Waals surface area contributed by atoms with E-state index in [0.717, 1.165) is 22.6 Å². The molecule has 1 unspecified atom stereocenters. The van der Waals surface area contributed by atoms with Gasteiger partial charge >= 0.3 is 0 Å². The molecule has 4 nitrogen and oxygen atoms in total. The summed E-state index contributed by atoms with van der Waals surface area (Å²) < 4.78 is 5.16. The van der Waals surface area contributed by atoms with Gasteiger partial charge in [0, 0.05) is 12.2 Å². The Balaban J connectivity index is 1.96. The predicted molar refractivity (Wildman–Crippen MR) is 93.7 cm³/mol. The number of aryl methyl sites for hydroxylation is 1. The summed E-state index contributed by atoms with van der Waals surface area (Å²) in [6.45, 7) is 4.60. The Morgan fingerprint density at radius 3 is 2.43 bits per heavy atom. The second-order valence-corrected chi connectivity index (χ2v) is 5.74. The second-order valence-electron chi connectivity index (χ2n) is 5.74. The third-order valence-electron chi connectivity index (χ3n) is 4.03. The molecule has 0 saturated carbocycles. The summed E-state index contributed by atoms with van der Waals surface area (Å²) in [6.07, 6.45) is 0. The molecule has 0 aromatic heterocycles. The Bertz CT molecular complexity index is 653. The molecule has 0 aliphatic rings. The molecule has 2 aromatic rings. The molecule has 0 spiro atoms. The molecule has 23 heavy (non-hydrogen) atoms. The molecule has 0 saturated heterocycles. The highest BCUT2D eigenvalue weighted by Crippen LogP contribution is 2.16. The zero-order chi connectivity index (χ0) is 16.8. The average molecular weight is 312 g/mol. The van der Waals surface area contributed by atoms with E-state index >= 15 is 0 Å². The highest BCUT2D eigenvalue weighted by atomic mass is 16.5. The predicted octanol–water partition coefficient (Wildman–Crippen LogP) is 3.46. The van der Waals surface area contributed by atoms with Gasteiger partial charge in [-0.25, -0.2) is 0 Å². The van der Waals surface area contributed by atoms with Crippen LogP contribution in [0.5, 0.6) is 5.75 Å². The summed E-state index contributed by atoms with van der Waals surface area (Å²) in [5.74, 6) is 0.831. The minimum Gasteiger partial charge on any atom is -0.497 e. The maximum absolute atomic E-state index is 12.4. The zero-order valence-corrected chi connectivity index (χ0v) is 14.2. The number of amides is 1. The van der Waals surface area contributed by atoms with Crippen molar-refractivity contribution >= 4 is 11.6 Å². The van der Waals surface area contributed by atoms with Crippen LogP contribution in [0.3, 0.4) is 0 Å². The number of nitrogens with zero attached hydrogens (tertiary/aromatic N) is 1. The van der Waals surface area contributed by atoms with E-state index in [2.05, 4.69) is 5.32 Å². The number of nitrogens with one attached hydrogen (secondary N) is 1. The third kappa shape index (κ3) is 4.57. The van der Waals surface area contributed by atoms with Crippen LogP contribution in [0.4, 0.5) is 5.69 Å². The first kappa shape index (κ1) is 17.0. The van der Waals surface area contributed by atoms with E-state index in [-0.39, 0.29) is 11.9 Å². The summed E-state index contributed by atoms with van der Waals surface area (Å²) in [7, 11) is 3.60. The third-order valence-corrected chi connectivity index (χ3v) is 4.03. The van der Waals surface area contributed by atoms with Crippen LogP contribution >= 0.6 is 0 Å². The van der Waals surface area contributed by atoms with Crippen molar-refractivity contribution in [2.24, 2.45) is 0 Å². The molecular formula is C19H24N2O2. The highest BCUT2D eigenvalue weighted by molar-refractivity contribution is 5.95. The summed E-state index contributed by atoms with van der Waals surface area (Å²) in [5.41, 5.74) is 3.07. The molecule has 0 heterocycles. The smallest absolute Gasteiger partial charge is 0.241 e. The van der Waals surface area contributed by atoms with E-state index < -0.39 is 0 Å². The van der Waals surface area contributed by atoms with Gasteiger partial charge in [-0.2, -0.15) is 0 Å². The normalized spacial score (nSPS) is 12.0. The van der Waals surface area contributed by atoms with Gasteiger partial charge in [0.05, 0.1) is 13.2 Å². The molecule has 2 rings (SSSR count). The monoisotopic (exact) mass is 312 g/mol. The first-order chi connectivity index (χ1) is 11.0. The molecule has 2 aromatic carbocycles. The van der Waals surface area contributed by atoms with E-state index in [1.807, 2.05) is 74.3 Å². The topological polar surface area (TPSA) is 41.6 Å². The van der Waals surface area contributed by atoms with E-state index in [1.54, 1.807) is 7.11 Å². The number of benzene rings is 2. The van der Waals surface area contributed by atoms with Crippen molar-refractivity contribution in [2.75, 3.05) is 19.5 Å². The van der Waals surface area contributed by atoms with E-state index in [0.29, 0.717) is 6.54 Å². The standard InChI is InChI=1S/C19H24N2O2/c1-14-7-5-6-8-18(14)20-19(22)15(2)21(3)13-16-9-11-17(23-4)12-10-16/h5-12,15H,13H2,1-4H3,(H,20,22). The number of methoxy groups -OCH3 is 1. The number of anilines is 1. The Kier molecular flexibility index (Phi) is 5.77. The van der Waals surface area contributed by atoms with Gasteiger partial charge in [0.1, 0.15) is 5.75 Å². The zero-order valence-electron chi connectivity index (χ0n) is 14.2. The second kappa shape index (κ2) is 7.79. The molecule has 122 valence electrons. The summed E-state index contributed by atoms with van der Waals surface area (Å²) >= 11 is 0. The largest absolute Gasteiger partial charge is 0.497 e. The van der Waals surface area contributed by atoms with Gasteiger partial charge in [-0.1, -0.05) is 30.3 Å². The number of hydrogen-bond donors (Lipinski definition) is 1. The van der Waals surface area contributed by atoms with Crippen molar-refractivity contribution in [2.45, 2.75) is 26.4 Å². The Morgan fingerprint density at radius 1 is 1.17 bits per heavy atom. The van der Waals surface area contributed by atoms with Crippen LogP contribution < -0.4 is 10.1 Å². The summed E-state index contributed by atoms with van der Waals surface area (Å²) in [6, 6.07) is 15.5. The summed E-state index contributed by atoms with van der Waals surface area (Å²) in [5, 5.41) is 2.99. The van der Waals surface area contributed by atoms with Crippen molar-refractivity contribution in [3.63, 3.8) is 0 Å². The van der Waals surface area contributed by atoms with Gasteiger partial charge in [0.2, 0.25) is 5.91 Å². The quantitative estimate of drug-likeness (QED) is 0.888. The van der Waals surface area contributed by atoms with Gasteiger partial charge in [-0.15, -0.1) is 0 Å². The van der Waals surface area contributed by atoms with Gasteiger partial charge in [-0.3, -0.25) is 9.69 Å². The van der Waals surface area contributed by atoms with Crippen LogP contribution in [0.2, 0.25) is 0 Å². The number of ether oxygens (including phenoxy) is 1. The van der Waals surface area contributed by atoms with Gasteiger partial charge in [0.15, 0.2) is 0 Å². The molecule has 4 heteroatoms. The average Bonchev–Trinajstić information content (AvgIpc) is 2.56. The van der Waals surface area contributed by atoms with Crippen molar-refractivity contribution in [1.82, 2.24) is 4.90 Å². The fraction of sp³-hybridized carbons (Fsp3) is 0.316. The molecule has 1 atom stereocenters. The van der Waals surface area contributed by atoms with Crippen LogP contribution in [0, 0.1) is 6.92 Å². The highest BCUT2D eigenvalue weighted by Gasteiger charge is 2.18. The van der Waals surface area contributed by atoms with Crippen LogP contribution in [-0.4, -0.2) is 31.0 Å². The number of para-hydroxylation sites is 1. The molecule has 0 aliphatic heterocycles. The lowest BCUT2D eigenvalue weighted by Gasteiger charge is -2.24. The Labute approximate surface area is 138 Å². The maximum Gasteiger partial charge on any atom is 0.241 e. The fourth-order valence-corrected chi connectivity index (χ4v) is 2.31. The lowest BCUT2D eigenvalue weighted by molar-refractivity contribution is -0.120. The molecule has 1 N–H and O–H groups in total. The maximum atomic E-state index is 12.4. The minimum atomic E-state index is -0.225. The minimum absolute atomic E-state index is 0.00434. The molecule has 0 radical (unpaired) electrons. The number of carbonyl (C=O) groups excluding carboxylic acids is 1. The number of hydrogen-bond acceptors (Lipinski definition) is 3. The van der Waals surface area contributed by atoms with E-state index in [4.69, 9.17) is 4.74 Å². The van der Waals surface area contributed by atoms with Crippen LogP contribution in [0.25, 0.3) is 0 Å². The number of likely N-dealkylation sites (N-methyl/N-ethyl adjacent to an activating group) is 1. The van der Waals surface area contributed by atoms with Gasteiger partial charge in [-0.05, 0) is 50.2 Å². The Hall–Kier alpha value is -2.33. The fourth-order valence-electron chi connectivity index (χ4n) is 2.31. The van der Waals surface area contributed by atoms with Crippen LogP contribution in [0.15, 0.2) is 48.5 Å². The first-order valence-corrected chi connectivity index (χ1v) is 7.71. The summed E-state index contributed by atoms with van der Waals surface area (Å²) in [4.78, 5) is 14.4. The first-order valence-electron chi connectivity index (χ1n) is 7.71. The Morgan fingerprint density at radius 2 is 1.83 bits per heavy atom. The van der Waals surface area contributed by atoms with Gasteiger partial charge < -0.3 is 10.1 Å². The van der Waals surface area contributed by atoms with Crippen LogP contribution in [-0.2, 0) is 11.3 Å². The lowest BCUT2D eigenvalue weighted by atomic mass is 10.1. The van der Waals surface area contributed by atoms with Crippen molar-refractivity contribution < 1.29 is 9.53 Å². The lowest BCUT2D eigenvalue weighted by Crippen LogP contribution is -2.39. The molecule has 0 fully saturated rings. The molecule has 1 amide bonds. The van der Waals surface area contributed by atoms with Crippen molar-refractivity contribution in [3.05, 3.63) is 59.7 Å². The molecule has 0 aliphatic carbocycles.